The van der Waals surface area contributed by atoms with Crippen LogP contribution in [0.3, 0.4) is 0 Å². The first-order valence-corrected chi connectivity index (χ1v) is 4.81. The minimum Gasteiger partial charge on any atom is -0.494 e. The summed E-state index contributed by atoms with van der Waals surface area (Å²) in [5, 5.41) is 0. The number of hydrogen-bond acceptors (Lipinski definition) is 1. The molecule has 1 heteroatoms. The molecule has 70 valence electrons. The Balaban J connectivity index is 2.07. The summed E-state index contributed by atoms with van der Waals surface area (Å²) in [5.74, 6) is 0.938. The fourth-order valence-corrected chi connectivity index (χ4v) is 1.11. The Kier molecular flexibility index (Phi) is 5.07. The molecular weight excluding hydrogens is 160 g/mol. The van der Waals surface area contributed by atoms with Gasteiger partial charge in [0.15, 0.2) is 0 Å². The van der Waals surface area contributed by atoms with E-state index >= 15 is 0 Å². The fourth-order valence-electron chi connectivity index (χ4n) is 1.11. The lowest BCUT2D eigenvalue weighted by Crippen LogP contribution is -1.96. The smallest absolute Gasteiger partial charge is 0.119 e. The molecule has 0 aliphatic carbocycles. The van der Waals surface area contributed by atoms with Gasteiger partial charge in [0.05, 0.1) is 6.61 Å². The van der Waals surface area contributed by atoms with Crippen molar-refractivity contribution in [1.82, 2.24) is 0 Å². The van der Waals surface area contributed by atoms with E-state index in [2.05, 4.69) is 13.0 Å². The van der Waals surface area contributed by atoms with Crippen molar-refractivity contribution < 1.29 is 4.74 Å². The lowest BCUT2D eigenvalue weighted by Gasteiger charge is -2.04. The average molecular weight is 176 g/mol. The van der Waals surface area contributed by atoms with E-state index in [1.165, 1.54) is 12.8 Å². The first-order chi connectivity index (χ1) is 6.43. The maximum Gasteiger partial charge on any atom is 0.119 e. The third kappa shape index (κ3) is 4.56. The van der Waals surface area contributed by atoms with Crippen LogP contribution in [0, 0.1) is 13.0 Å². The highest BCUT2D eigenvalue weighted by molar-refractivity contribution is 5.20. The van der Waals surface area contributed by atoms with Crippen LogP contribution in [0.1, 0.15) is 25.7 Å². The molecule has 1 aromatic carbocycles. The molecule has 0 N–H and O–H groups in total. The van der Waals surface area contributed by atoms with E-state index in [0.717, 1.165) is 25.2 Å². The normalized spacial score (nSPS) is 9.92. The molecule has 1 nitrogen and oxygen atoms in total. The van der Waals surface area contributed by atoms with Gasteiger partial charge in [0.25, 0.3) is 0 Å². The Morgan fingerprint density at radius 2 is 1.92 bits per heavy atom. The molecule has 0 atom stereocenters. The minimum atomic E-state index is 0.810. The number of ether oxygens (including phenoxy) is 1. The van der Waals surface area contributed by atoms with Crippen molar-refractivity contribution in [2.75, 3.05) is 6.61 Å². The van der Waals surface area contributed by atoms with E-state index in [1.807, 2.05) is 24.3 Å². The van der Waals surface area contributed by atoms with Crippen LogP contribution < -0.4 is 4.74 Å². The number of rotatable bonds is 6. The van der Waals surface area contributed by atoms with Gasteiger partial charge in [-0.25, -0.2) is 0 Å². The second-order valence-corrected chi connectivity index (χ2v) is 3.00. The van der Waals surface area contributed by atoms with Gasteiger partial charge in [-0.1, -0.05) is 38.3 Å². The molecule has 0 amide bonds. The lowest BCUT2D eigenvalue weighted by atomic mass is 10.2. The second kappa shape index (κ2) is 6.53. The maximum absolute atomic E-state index is 5.51. The summed E-state index contributed by atoms with van der Waals surface area (Å²) < 4.78 is 5.51. The SMILES string of the molecule is [CH2]CCCCCOc1cc[c]cc1. The predicted molar refractivity (Wildman–Crippen MR) is 54.6 cm³/mol. The average Bonchev–Trinajstić information content (AvgIpc) is 2.19. The van der Waals surface area contributed by atoms with Crippen molar-refractivity contribution in [1.29, 1.82) is 0 Å². The van der Waals surface area contributed by atoms with Gasteiger partial charge in [-0.3, -0.25) is 0 Å². The second-order valence-electron chi connectivity index (χ2n) is 3.00. The highest BCUT2D eigenvalue weighted by atomic mass is 16.5. The van der Waals surface area contributed by atoms with E-state index in [1.54, 1.807) is 0 Å². The van der Waals surface area contributed by atoms with Gasteiger partial charge in [-0.15, -0.1) is 0 Å². The Morgan fingerprint density at radius 1 is 1.15 bits per heavy atom. The summed E-state index contributed by atoms with van der Waals surface area (Å²) in [6.45, 7) is 4.61. The molecule has 13 heavy (non-hydrogen) atoms. The zero-order valence-corrected chi connectivity index (χ0v) is 7.96. The van der Waals surface area contributed by atoms with Crippen molar-refractivity contribution >= 4 is 0 Å². The molecule has 0 saturated heterocycles. The third-order valence-electron chi connectivity index (χ3n) is 1.85. The monoisotopic (exact) mass is 176 g/mol. The van der Waals surface area contributed by atoms with Gasteiger partial charge in [0.2, 0.25) is 0 Å². The van der Waals surface area contributed by atoms with E-state index in [4.69, 9.17) is 4.74 Å². The first kappa shape index (κ1) is 10.1. The van der Waals surface area contributed by atoms with Crippen molar-refractivity contribution in [3.63, 3.8) is 0 Å². The van der Waals surface area contributed by atoms with Gasteiger partial charge in [0, 0.05) is 0 Å². The van der Waals surface area contributed by atoms with Crippen LogP contribution in [-0.4, -0.2) is 6.61 Å². The van der Waals surface area contributed by atoms with Crippen LogP contribution in [0.2, 0.25) is 0 Å². The molecule has 0 fully saturated rings. The van der Waals surface area contributed by atoms with E-state index < -0.39 is 0 Å². The minimum absolute atomic E-state index is 0.810. The van der Waals surface area contributed by atoms with Gasteiger partial charge >= 0.3 is 0 Å². The van der Waals surface area contributed by atoms with Gasteiger partial charge in [-0.05, 0) is 24.6 Å². The van der Waals surface area contributed by atoms with Crippen LogP contribution in [0.25, 0.3) is 0 Å². The van der Waals surface area contributed by atoms with E-state index in [0.29, 0.717) is 0 Å². The molecular formula is C12H16O. The molecule has 0 bridgehead atoms. The molecule has 0 unspecified atom stereocenters. The molecule has 0 aliphatic heterocycles. The first-order valence-electron chi connectivity index (χ1n) is 4.81. The highest BCUT2D eigenvalue weighted by Crippen LogP contribution is 2.09. The Labute approximate surface area is 80.7 Å². The predicted octanol–water partition coefficient (Wildman–Crippen LogP) is 3.26. The lowest BCUT2D eigenvalue weighted by molar-refractivity contribution is 0.305. The summed E-state index contributed by atoms with van der Waals surface area (Å²) >= 11 is 0. The largest absolute Gasteiger partial charge is 0.494 e. The van der Waals surface area contributed by atoms with Crippen LogP contribution in [-0.2, 0) is 0 Å². The zero-order chi connectivity index (χ0) is 9.36. The fraction of sp³-hybridized carbons (Fsp3) is 0.417. The molecule has 0 aromatic heterocycles. The third-order valence-corrected chi connectivity index (χ3v) is 1.85. The van der Waals surface area contributed by atoms with Crippen LogP contribution in [0.4, 0.5) is 0 Å². The topological polar surface area (TPSA) is 9.23 Å². The summed E-state index contributed by atoms with van der Waals surface area (Å²) in [6.07, 6.45) is 4.56. The standard InChI is InChI=1S/C12H16O/c1-2-3-4-8-11-13-12-9-6-5-7-10-12/h6-7,9-10H,1-4,8,11H2. The molecule has 1 aromatic rings. The number of unbranched alkanes of at least 4 members (excludes halogenated alkanes) is 3. The van der Waals surface area contributed by atoms with Crippen LogP contribution in [0.5, 0.6) is 5.75 Å². The summed E-state index contributed by atoms with van der Waals surface area (Å²) in [5.41, 5.74) is 0. The Hall–Kier alpha value is -0.980. The molecule has 0 heterocycles. The summed E-state index contributed by atoms with van der Waals surface area (Å²) in [7, 11) is 0. The molecule has 0 aliphatic rings. The zero-order valence-electron chi connectivity index (χ0n) is 7.96. The quantitative estimate of drug-likeness (QED) is 0.604. The highest BCUT2D eigenvalue weighted by Gasteiger charge is 1.91. The van der Waals surface area contributed by atoms with Gasteiger partial charge in [-0.2, -0.15) is 0 Å². The molecule has 0 saturated carbocycles. The summed E-state index contributed by atoms with van der Waals surface area (Å²) in [6, 6.07) is 10.6. The summed E-state index contributed by atoms with van der Waals surface area (Å²) in [4.78, 5) is 0. The Bertz CT molecular complexity index is 206. The van der Waals surface area contributed by atoms with Crippen molar-refractivity contribution in [2.45, 2.75) is 25.7 Å². The van der Waals surface area contributed by atoms with E-state index in [-0.39, 0.29) is 0 Å². The van der Waals surface area contributed by atoms with E-state index in [9.17, 15) is 0 Å². The van der Waals surface area contributed by atoms with Gasteiger partial charge < -0.3 is 4.74 Å². The number of benzene rings is 1. The maximum atomic E-state index is 5.51. The van der Waals surface area contributed by atoms with Crippen molar-refractivity contribution in [2.24, 2.45) is 0 Å². The molecule has 0 spiro atoms. The van der Waals surface area contributed by atoms with Crippen LogP contribution >= 0.6 is 0 Å². The number of hydrogen-bond donors (Lipinski definition) is 0. The molecule has 2 radical (unpaired) electrons. The van der Waals surface area contributed by atoms with Gasteiger partial charge in [0.1, 0.15) is 5.75 Å². The molecule has 1 rings (SSSR count). The Morgan fingerprint density at radius 3 is 2.62 bits per heavy atom. The van der Waals surface area contributed by atoms with Crippen molar-refractivity contribution in [3.05, 3.63) is 37.3 Å². The van der Waals surface area contributed by atoms with Crippen LogP contribution in [0.15, 0.2) is 24.3 Å². The van der Waals surface area contributed by atoms with Crippen molar-refractivity contribution in [3.8, 4) is 5.75 Å².